The Labute approximate surface area is 88.9 Å². The Morgan fingerprint density at radius 3 is 2.14 bits per heavy atom. The molecule has 1 aliphatic heterocycles. The van der Waals surface area contributed by atoms with Crippen molar-refractivity contribution in [1.29, 1.82) is 0 Å². The molecule has 1 fully saturated rings. The van der Waals surface area contributed by atoms with Crippen LogP contribution in [0.4, 0.5) is 4.79 Å². The van der Waals surface area contributed by atoms with E-state index in [1.165, 1.54) is 0 Å². The topological polar surface area (TPSA) is 29.1 Å². The minimum atomic E-state index is -1.90. The van der Waals surface area contributed by atoms with Crippen molar-refractivity contribution >= 4 is 20.4 Å². The van der Waals surface area contributed by atoms with Crippen LogP contribution < -0.4 is 5.32 Å². The average molecular weight is 212 g/mol. The Morgan fingerprint density at radius 2 is 1.79 bits per heavy atom. The van der Waals surface area contributed by atoms with Crippen LogP contribution in [0, 0.1) is 0 Å². The van der Waals surface area contributed by atoms with E-state index in [0.717, 1.165) is 12.8 Å². The molecule has 0 aromatic carbocycles. The zero-order chi connectivity index (χ0) is 10.9. The number of hydrogen-bond donors (Lipinski definition) is 1. The lowest BCUT2D eigenvalue weighted by atomic mass is 10.2. The molecule has 1 aliphatic rings. The predicted molar refractivity (Wildman–Crippen MR) is 64.5 cm³/mol. The molecule has 1 N–H and O–H groups in total. The van der Waals surface area contributed by atoms with E-state index in [0.29, 0.717) is 11.3 Å². The zero-order valence-corrected chi connectivity index (χ0v) is 10.5. The summed E-state index contributed by atoms with van der Waals surface area (Å²) in [6, 6.07) is 0.197. The Kier molecular flexibility index (Phi) is 3.63. The van der Waals surface area contributed by atoms with Gasteiger partial charge >= 0.3 is 13.2 Å². The average Bonchev–Trinajstić information content (AvgIpc) is 2.33. The number of nitrogens with one attached hydrogen (secondary N) is 1. The molecule has 14 heavy (non-hydrogen) atoms. The van der Waals surface area contributed by atoms with Gasteiger partial charge in [0.1, 0.15) is 0 Å². The Bertz CT molecular complexity index is 222. The summed E-state index contributed by atoms with van der Waals surface area (Å²) in [7, 11) is 4.44. The third kappa shape index (κ3) is 1.98. The molecule has 1 saturated heterocycles. The van der Waals surface area contributed by atoms with Crippen LogP contribution in [0.25, 0.3) is 0 Å². The third-order valence-corrected chi connectivity index (χ3v) is 7.49. The predicted octanol–water partition coefficient (Wildman–Crippen LogP) is 2.78. The number of amides is 1. The van der Waals surface area contributed by atoms with Crippen LogP contribution in [0.15, 0.2) is 0 Å². The molecule has 2 radical (unpaired) electrons. The first-order valence-corrected chi connectivity index (χ1v) is 7.36. The van der Waals surface area contributed by atoms with Gasteiger partial charge in [-0.1, -0.05) is 0 Å². The van der Waals surface area contributed by atoms with Crippen molar-refractivity contribution in [2.24, 2.45) is 0 Å². The fraction of sp³-hybridized carbons (Fsp3) is 0.900. The van der Waals surface area contributed by atoms with Gasteiger partial charge in [0.15, 0.2) is 0 Å². The van der Waals surface area contributed by atoms with Crippen molar-refractivity contribution < 1.29 is 4.79 Å². The molecule has 0 saturated carbocycles. The van der Waals surface area contributed by atoms with Crippen LogP contribution in [0.2, 0.25) is 0 Å². The number of rotatable bonds is 2. The van der Waals surface area contributed by atoms with Crippen LogP contribution in [-0.4, -0.2) is 30.6 Å². The van der Waals surface area contributed by atoms with E-state index in [1.807, 2.05) is 13.8 Å². The maximum absolute atomic E-state index is 12.0. The van der Waals surface area contributed by atoms with Crippen molar-refractivity contribution in [3.05, 3.63) is 0 Å². The van der Waals surface area contributed by atoms with Crippen molar-refractivity contribution in [2.45, 2.75) is 57.9 Å². The maximum atomic E-state index is 12.0. The van der Waals surface area contributed by atoms with E-state index in [1.54, 1.807) is 0 Å². The van der Waals surface area contributed by atoms with E-state index in [4.69, 9.17) is 7.57 Å². The van der Waals surface area contributed by atoms with Gasteiger partial charge in [0.25, 0.3) is 0 Å². The van der Waals surface area contributed by atoms with Gasteiger partial charge in [-0.3, -0.25) is 0 Å². The third-order valence-electron chi connectivity index (χ3n) is 3.22. The lowest BCUT2D eigenvalue weighted by molar-refractivity contribution is 0.257. The molecule has 0 aromatic heterocycles. The molecule has 0 unspecified atom stereocenters. The molecule has 0 spiro atoms. The van der Waals surface area contributed by atoms with Crippen molar-refractivity contribution in [3.63, 3.8) is 0 Å². The molecule has 0 bridgehead atoms. The summed E-state index contributed by atoms with van der Waals surface area (Å²) >= 11 is 0. The van der Waals surface area contributed by atoms with Crippen molar-refractivity contribution in [1.82, 2.24) is 5.32 Å². The molecule has 4 heteroatoms. The smallest absolute Gasteiger partial charge is 0.323 e. The lowest BCUT2D eigenvalue weighted by Crippen LogP contribution is -2.34. The van der Waals surface area contributed by atoms with E-state index >= 15 is 0 Å². The highest BCUT2D eigenvalue weighted by Gasteiger charge is 2.55. The minimum absolute atomic E-state index is 0.130. The highest BCUT2D eigenvalue weighted by molar-refractivity contribution is 8.10. The Balaban J connectivity index is 2.77. The van der Waals surface area contributed by atoms with Crippen molar-refractivity contribution in [2.75, 3.05) is 0 Å². The van der Waals surface area contributed by atoms with Gasteiger partial charge in [-0.05, 0) is 40.5 Å². The number of hydrogen-bond acceptors (Lipinski definition) is 1. The Morgan fingerprint density at radius 1 is 1.36 bits per heavy atom. The summed E-state index contributed by atoms with van der Waals surface area (Å²) < 4.78 is 0. The second kappa shape index (κ2) is 4.22. The summed E-state index contributed by atoms with van der Waals surface area (Å²) in [5.74, 6) is 0. The molecular weight excluding hydrogens is 192 g/mol. The molecule has 1 rings (SSSR count). The quantitative estimate of drug-likeness (QED) is 0.553. The molecule has 2 atom stereocenters. The lowest BCUT2D eigenvalue weighted by Gasteiger charge is -2.26. The fourth-order valence-electron chi connectivity index (χ4n) is 2.10. The molecule has 0 aliphatic carbocycles. The first-order chi connectivity index (χ1) is 6.39. The summed E-state index contributed by atoms with van der Waals surface area (Å²) in [4.78, 5) is 12.0. The van der Waals surface area contributed by atoms with Gasteiger partial charge < -0.3 is 5.32 Å². The summed E-state index contributed by atoms with van der Waals surface area (Å²) in [5, 5.41) is 2.97. The first kappa shape index (κ1) is 12.0. The monoisotopic (exact) mass is 212 g/mol. The van der Waals surface area contributed by atoms with E-state index in [2.05, 4.69) is 19.2 Å². The van der Waals surface area contributed by atoms with E-state index in [9.17, 15) is 4.79 Å². The summed E-state index contributed by atoms with van der Waals surface area (Å²) in [6.07, 6.45) is 2.22. The first-order valence-electron chi connectivity index (χ1n) is 5.37. The van der Waals surface area contributed by atoms with Crippen LogP contribution in [0.1, 0.15) is 40.5 Å². The largest absolute Gasteiger partial charge is 0.377 e. The van der Waals surface area contributed by atoms with E-state index in [-0.39, 0.29) is 11.7 Å². The van der Waals surface area contributed by atoms with Gasteiger partial charge in [0.2, 0.25) is 0 Å². The maximum Gasteiger partial charge on any atom is 0.377 e. The highest BCUT2D eigenvalue weighted by Crippen LogP contribution is 2.69. The van der Waals surface area contributed by atoms with Gasteiger partial charge in [0, 0.05) is 6.04 Å². The van der Waals surface area contributed by atoms with Gasteiger partial charge in [-0.2, -0.15) is 0 Å². The summed E-state index contributed by atoms with van der Waals surface area (Å²) in [6.45, 7) is 8.21. The van der Waals surface area contributed by atoms with Gasteiger partial charge in [-0.25, -0.2) is 4.79 Å². The van der Waals surface area contributed by atoms with Crippen LogP contribution in [0.3, 0.4) is 0 Å². The second-order valence-corrected chi connectivity index (χ2v) is 8.55. The molecule has 1 heterocycles. The fourth-order valence-corrected chi connectivity index (χ4v) is 5.41. The van der Waals surface area contributed by atoms with Crippen LogP contribution >= 0.6 is 7.14 Å². The zero-order valence-electron chi connectivity index (χ0n) is 9.58. The molecule has 1 amide bonds. The van der Waals surface area contributed by atoms with Crippen molar-refractivity contribution in [3.8, 4) is 0 Å². The van der Waals surface area contributed by atoms with Crippen LogP contribution in [-0.2, 0) is 0 Å². The normalized spacial score (nSPS) is 30.6. The standard InChI is InChI=1S/C10H20BNOP/c1-7(2)12-10(13)14(11)8(3)5-6-9(14)4/h7-9H,5-6H2,1-4H3,(H,12,13)/q+1/t8-,9-/m1/s1. The molecule has 78 valence electrons. The number of carbonyl (C=O) groups is 1. The minimum Gasteiger partial charge on any atom is -0.323 e. The highest BCUT2D eigenvalue weighted by atomic mass is 31.2. The Hall–Kier alpha value is -0.0351. The number of carbonyl (C=O) groups excluding carboxylic acids is 1. The molecule has 2 nitrogen and oxygen atoms in total. The van der Waals surface area contributed by atoms with Gasteiger partial charge in [0.05, 0.1) is 18.5 Å². The van der Waals surface area contributed by atoms with Crippen LogP contribution in [0.5, 0.6) is 0 Å². The van der Waals surface area contributed by atoms with E-state index < -0.39 is 7.14 Å². The van der Waals surface area contributed by atoms with Gasteiger partial charge in [-0.15, -0.1) is 0 Å². The summed E-state index contributed by atoms with van der Waals surface area (Å²) in [5.41, 5.74) is 0.928. The SMILES string of the molecule is [B][P+]1(C(=O)NC(C)C)[C@H](C)CC[C@H]1C. The molecule has 0 aromatic rings. The second-order valence-electron chi connectivity index (χ2n) is 4.71. The molecular formula is C10H20BNOP+.